The maximum atomic E-state index is 11.7. The highest BCUT2D eigenvalue weighted by atomic mass is 79.9. The van der Waals surface area contributed by atoms with Gasteiger partial charge in [0, 0.05) is 14.7 Å². The number of methoxy groups -OCH3 is 1. The smallest absolute Gasteiger partial charge is 0.357 e. The monoisotopic (exact) mass is 348 g/mol. The van der Waals surface area contributed by atoms with Crippen molar-refractivity contribution in [3.63, 3.8) is 0 Å². The summed E-state index contributed by atoms with van der Waals surface area (Å²) in [4.78, 5) is 11.7. The van der Waals surface area contributed by atoms with Crippen LogP contribution in [0.4, 0.5) is 0 Å². The van der Waals surface area contributed by atoms with Crippen LogP contribution in [0.2, 0.25) is 25.7 Å². The van der Waals surface area contributed by atoms with Crippen molar-refractivity contribution in [2.24, 2.45) is 0 Å². The van der Waals surface area contributed by atoms with Crippen molar-refractivity contribution in [3.8, 4) is 0 Å². The number of carbonyl (C=O) groups excluding carboxylic acids is 1. The SMILES string of the molecule is COC(=O)c1c(Br)c(C)nn1COCC[Si](C)(C)C. The van der Waals surface area contributed by atoms with Crippen LogP contribution in [0.5, 0.6) is 0 Å². The fraction of sp³-hybridized carbons (Fsp3) is 0.667. The topological polar surface area (TPSA) is 53.3 Å². The molecule has 19 heavy (non-hydrogen) atoms. The minimum atomic E-state index is -1.10. The second kappa shape index (κ2) is 6.67. The van der Waals surface area contributed by atoms with E-state index in [1.807, 2.05) is 6.92 Å². The Morgan fingerprint density at radius 3 is 2.58 bits per heavy atom. The van der Waals surface area contributed by atoms with Gasteiger partial charge in [-0.05, 0) is 28.9 Å². The minimum Gasteiger partial charge on any atom is -0.464 e. The van der Waals surface area contributed by atoms with Crippen molar-refractivity contribution in [1.82, 2.24) is 9.78 Å². The summed E-state index contributed by atoms with van der Waals surface area (Å²) in [6.07, 6.45) is 0. The van der Waals surface area contributed by atoms with Crippen LogP contribution in [-0.2, 0) is 16.2 Å². The van der Waals surface area contributed by atoms with Crippen molar-refractivity contribution in [2.45, 2.75) is 39.3 Å². The first-order valence-electron chi connectivity index (χ1n) is 6.15. The van der Waals surface area contributed by atoms with Crippen molar-refractivity contribution >= 4 is 30.0 Å². The average molecular weight is 349 g/mol. The van der Waals surface area contributed by atoms with Gasteiger partial charge in [-0.3, -0.25) is 0 Å². The van der Waals surface area contributed by atoms with Crippen LogP contribution in [-0.4, -0.2) is 37.5 Å². The average Bonchev–Trinajstić information content (AvgIpc) is 2.59. The summed E-state index contributed by atoms with van der Waals surface area (Å²) >= 11 is 3.35. The van der Waals surface area contributed by atoms with Gasteiger partial charge in [-0.1, -0.05) is 19.6 Å². The summed E-state index contributed by atoms with van der Waals surface area (Å²) in [5, 5.41) is 4.27. The fourth-order valence-electron chi connectivity index (χ4n) is 1.47. The minimum absolute atomic E-state index is 0.265. The number of carbonyl (C=O) groups is 1. The largest absolute Gasteiger partial charge is 0.464 e. The molecule has 0 spiro atoms. The maximum absolute atomic E-state index is 11.7. The summed E-state index contributed by atoms with van der Waals surface area (Å²) in [7, 11) is 0.256. The van der Waals surface area contributed by atoms with Gasteiger partial charge in [0.25, 0.3) is 0 Å². The predicted molar refractivity (Wildman–Crippen MR) is 80.1 cm³/mol. The first-order valence-corrected chi connectivity index (χ1v) is 10.6. The molecule has 5 nitrogen and oxygen atoms in total. The molecule has 0 radical (unpaired) electrons. The second-order valence-electron chi connectivity index (χ2n) is 5.59. The highest BCUT2D eigenvalue weighted by molar-refractivity contribution is 9.10. The van der Waals surface area contributed by atoms with Gasteiger partial charge in [-0.25, -0.2) is 9.48 Å². The van der Waals surface area contributed by atoms with E-state index < -0.39 is 14.0 Å². The number of ether oxygens (including phenoxy) is 2. The second-order valence-corrected chi connectivity index (χ2v) is 12.0. The first kappa shape index (κ1) is 16.4. The molecule has 0 amide bonds. The van der Waals surface area contributed by atoms with Gasteiger partial charge in [0.2, 0.25) is 0 Å². The highest BCUT2D eigenvalue weighted by Crippen LogP contribution is 2.21. The van der Waals surface area contributed by atoms with E-state index in [0.717, 1.165) is 11.7 Å². The number of halogens is 1. The predicted octanol–water partition coefficient (Wildman–Crippen LogP) is 3.05. The van der Waals surface area contributed by atoms with E-state index in [4.69, 9.17) is 9.47 Å². The quantitative estimate of drug-likeness (QED) is 0.450. The molecule has 1 aromatic rings. The molecule has 0 aliphatic heterocycles. The van der Waals surface area contributed by atoms with E-state index in [0.29, 0.717) is 16.8 Å². The Kier molecular flexibility index (Phi) is 5.75. The van der Waals surface area contributed by atoms with Crippen LogP contribution in [0, 0.1) is 6.92 Å². The number of aromatic nitrogens is 2. The Balaban J connectivity index is 2.68. The molecule has 0 bridgehead atoms. The molecule has 1 aromatic heterocycles. The molecule has 0 fully saturated rings. The van der Waals surface area contributed by atoms with Crippen LogP contribution >= 0.6 is 15.9 Å². The molecule has 0 unspecified atom stereocenters. The van der Waals surface area contributed by atoms with Crippen molar-refractivity contribution < 1.29 is 14.3 Å². The highest BCUT2D eigenvalue weighted by Gasteiger charge is 2.21. The summed E-state index contributed by atoms with van der Waals surface area (Å²) in [5.74, 6) is -0.415. The van der Waals surface area contributed by atoms with E-state index in [-0.39, 0.29) is 6.73 Å². The molecule has 0 aliphatic carbocycles. The molecule has 108 valence electrons. The number of aryl methyl sites for hydroxylation is 1. The number of esters is 1. The molecular formula is C12H21BrN2O3Si. The third-order valence-corrected chi connectivity index (χ3v) is 5.30. The third-order valence-electron chi connectivity index (χ3n) is 2.64. The lowest BCUT2D eigenvalue weighted by Gasteiger charge is -2.15. The number of nitrogens with zero attached hydrogens (tertiary/aromatic N) is 2. The van der Waals surface area contributed by atoms with Gasteiger partial charge in [0.15, 0.2) is 5.69 Å². The first-order chi connectivity index (χ1) is 8.76. The zero-order valence-corrected chi connectivity index (χ0v) is 14.7. The Hall–Kier alpha value is -0.663. The standard InChI is InChI=1S/C12H21BrN2O3Si/c1-9-10(13)11(12(16)17-2)15(14-9)8-18-6-7-19(3,4)5/h6-8H2,1-5H3. The molecule has 0 saturated heterocycles. The Morgan fingerprint density at radius 1 is 1.42 bits per heavy atom. The van der Waals surface area contributed by atoms with E-state index in [2.05, 4.69) is 40.7 Å². The zero-order valence-electron chi connectivity index (χ0n) is 12.1. The fourth-order valence-corrected chi connectivity index (χ4v) is 2.68. The molecule has 0 aromatic carbocycles. The van der Waals surface area contributed by atoms with Crippen molar-refractivity contribution in [2.75, 3.05) is 13.7 Å². The molecular weight excluding hydrogens is 328 g/mol. The Labute approximate surface area is 123 Å². The summed E-state index contributed by atoms with van der Waals surface area (Å²) in [6, 6.07) is 1.09. The number of rotatable bonds is 6. The molecule has 0 aliphatic rings. The van der Waals surface area contributed by atoms with Gasteiger partial charge in [0.05, 0.1) is 17.3 Å². The van der Waals surface area contributed by atoms with E-state index in [1.54, 1.807) is 0 Å². The van der Waals surface area contributed by atoms with Crippen LogP contribution < -0.4 is 0 Å². The Morgan fingerprint density at radius 2 is 2.05 bits per heavy atom. The Bertz CT molecular complexity index is 455. The lowest BCUT2D eigenvalue weighted by Crippen LogP contribution is -2.22. The summed E-state index contributed by atoms with van der Waals surface area (Å²) < 4.78 is 12.6. The van der Waals surface area contributed by atoms with Gasteiger partial charge in [-0.2, -0.15) is 5.10 Å². The summed E-state index contributed by atoms with van der Waals surface area (Å²) in [5.41, 5.74) is 1.14. The van der Waals surface area contributed by atoms with Gasteiger partial charge in [0.1, 0.15) is 6.73 Å². The molecule has 7 heteroatoms. The normalized spacial score (nSPS) is 11.7. The number of hydrogen-bond donors (Lipinski definition) is 0. The van der Waals surface area contributed by atoms with Crippen LogP contribution in [0.3, 0.4) is 0 Å². The molecule has 0 atom stereocenters. The summed E-state index contributed by atoms with van der Waals surface area (Å²) in [6.45, 7) is 9.67. The zero-order chi connectivity index (χ0) is 14.6. The van der Waals surface area contributed by atoms with Gasteiger partial charge >= 0.3 is 5.97 Å². The van der Waals surface area contributed by atoms with Crippen LogP contribution in [0.25, 0.3) is 0 Å². The van der Waals surface area contributed by atoms with Crippen molar-refractivity contribution in [1.29, 1.82) is 0 Å². The number of hydrogen-bond acceptors (Lipinski definition) is 4. The lowest BCUT2D eigenvalue weighted by molar-refractivity contribution is 0.0516. The van der Waals surface area contributed by atoms with Crippen LogP contribution in [0.1, 0.15) is 16.2 Å². The lowest BCUT2D eigenvalue weighted by atomic mass is 10.4. The van der Waals surface area contributed by atoms with E-state index in [9.17, 15) is 4.79 Å². The van der Waals surface area contributed by atoms with Crippen LogP contribution in [0.15, 0.2) is 4.47 Å². The van der Waals surface area contributed by atoms with Gasteiger partial charge in [-0.15, -0.1) is 0 Å². The molecule has 0 N–H and O–H groups in total. The van der Waals surface area contributed by atoms with E-state index >= 15 is 0 Å². The van der Waals surface area contributed by atoms with Crippen molar-refractivity contribution in [3.05, 3.63) is 15.9 Å². The molecule has 1 heterocycles. The maximum Gasteiger partial charge on any atom is 0.357 e. The molecule has 1 rings (SSSR count). The van der Waals surface area contributed by atoms with Gasteiger partial charge < -0.3 is 9.47 Å². The third kappa shape index (κ3) is 4.74. The molecule has 0 saturated carbocycles. The van der Waals surface area contributed by atoms with E-state index in [1.165, 1.54) is 11.8 Å².